The van der Waals surface area contributed by atoms with E-state index in [2.05, 4.69) is 359 Å². The van der Waals surface area contributed by atoms with Gasteiger partial charge in [-0.2, -0.15) is 0 Å². The number of pyridine rings is 3. The number of nitrogens with zero attached hydrogens (tertiary/aromatic N) is 9. The van der Waals surface area contributed by atoms with Crippen molar-refractivity contribution in [2.45, 2.75) is 157 Å². The van der Waals surface area contributed by atoms with Crippen molar-refractivity contribution in [3.63, 3.8) is 0 Å². The molecular weight excluding hydrogens is 1820 g/mol. The summed E-state index contributed by atoms with van der Waals surface area (Å²) in [5.74, 6) is 3.77. The van der Waals surface area contributed by atoms with E-state index in [0.717, 1.165) is 78.1 Å². The fourth-order valence-electron chi connectivity index (χ4n) is 14.0. The fourth-order valence-corrected chi connectivity index (χ4v) is 14.0. The van der Waals surface area contributed by atoms with Crippen molar-refractivity contribution in [1.82, 2.24) is 44.9 Å². The Bertz CT molecular complexity index is 5660. The van der Waals surface area contributed by atoms with Gasteiger partial charge in [-0.3, -0.25) is 0 Å². The fraction of sp³-hybridized carbons (Fsp3) is 0.220. The standard InChI is InChI=1S/C41H38N.2C34H33N4.2Ir/c1-40(2,3)36-18-14-28(15-19-36)33-25-34(29-16-20-37(21-17-29)41(4,5)6)27-35(26-33)31-11-9-12-32(24-31)39-38-13-8-7-10-30(38)22-23-42-39;2*1-33(2,3)27-17-12-24(13-18-27)30-36-31(25-14-19-28(20-15-25)34(4,5)6)38-32(37-30)26-16-21-29(35-22-26)23-10-8-7-9-11-23;;/h7-11,13-27H,1-6H3;2*7-10,12-22H,1-6H3;;/q3*-1;;. The zero-order valence-electron chi connectivity index (χ0n) is 72.1. The van der Waals surface area contributed by atoms with Crippen LogP contribution in [0.25, 0.3) is 146 Å². The summed E-state index contributed by atoms with van der Waals surface area (Å²) in [5, 5.41) is 2.32. The second-order valence-corrected chi connectivity index (χ2v) is 36.7. The van der Waals surface area contributed by atoms with Crippen LogP contribution in [0.15, 0.2) is 304 Å². The first-order valence-corrected chi connectivity index (χ1v) is 40.8. The van der Waals surface area contributed by atoms with Crippen LogP contribution in [0.1, 0.15) is 158 Å². The minimum absolute atomic E-state index is 0. The molecule has 2 radical (unpaired) electrons. The molecule has 16 rings (SSSR count). The van der Waals surface area contributed by atoms with Gasteiger partial charge in [0, 0.05) is 92.2 Å². The molecule has 0 aliphatic heterocycles. The zero-order valence-corrected chi connectivity index (χ0v) is 76.8. The molecule has 0 N–H and O–H groups in total. The smallest absolute Gasteiger partial charge is 0.165 e. The van der Waals surface area contributed by atoms with Crippen LogP contribution in [0.5, 0.6) is 0 Å². The quantitative estimate of drug-likeness (QED) is 0.110. The topological polar surface area (TPSA) is 116 Å². The van der Waals surface area contributed by atoms with Crippen molar-refractivity contribution in [3.05, 3.63) is 355 Å². The summed E-state index contributed by atoms with van der Waals surface area (Å²) < 4.78 is 0. The van der Waals surface area contributed by atoms with Crippen LogP contribution in [-0.2, 0) is 72.7 Å². The Morgan fingerprint density at radius 2 is 0.500 bits per heavy atom. The van der Waals surface area contributed by atoms with Gasteiger partial charge in [-0.15, -0.1) is 107 Å². The maximum atomic E-state index is 4.90. The van der Waals surface area contributed by atoms with Gasteiger partial charge in [0.15, 0.2) is 34.9 Å². The van der Waals surface area contributed by atoms with E-state index in [4.69, 9.17) is 34.9 Å². The first-order chi connectivity index (χ1) is 56.2. The van der Waals surface area contributed by atoms with Crippen LogP contribution in [0, 0.1) is 18.2 Å². The van der Waals surface area contributed by atoms with Gasteiger partial charge in [0.05, 0.1) is 0 Å². The van der Waals surface area contributed by atoms with Crippen molar-refractivity contribution in [1.29, 1.82) is 0 Å². The summed E-state index contributed by atoms with van der Waals surface area (Å²) in [6.45, 7) is 40.1. The molecule has 11 aromatic carbocycles. The molecular formula is C109H104Ir2N9-3. The van der Waals surface area contributed by atoms with Crippen LogP contribution in [-0.4, -0.2) is 44.9 Å². The molecule has 0 atom stereocenters. The molecule has 0 bridgehead atoms. The average Bonchev–Trinajstić information content (AvgIpc) is 0.781. The van der Waals surface area contributed by atoms with Gasteiger partial charge in [-0.1, -0.05) is 319 Å². The van der Waals surface area contributed by atoms with Crippen LogP contribution < -0.4 is 0 Å². The first-order valence-electron chi connectivity index (χ1n) is 40.8. The summed E-state index contributed by atoms with van der Waals surface area (Å²) in [6.07, 6.45) is 5.54. The van der Waals surface area contributed by atoms with Crippen LogP contribution in [0.4, 0.5) is 0 Å². The third kappa shape index (κ3) is 21.4. The van der Waals surface area contributed by atoms with E-state index in [-0.39, 0.29) is 72.7 Å². The number of fused-ring (bicyclic) bond motifs is 1. The maximum absolute atomic E-state index is 4.90. The van der Waals surface area contributed by atoms with Gasteiger partial charge < -0.3 is 15.0 Å². The van der Waals surface area contributed by atoms with E-state index in [9.17, 15) is 0 Å². The summed E-state index contributed by atoms with van der Waals surface area (Å²) in [6, 6.07) is 110. The Labute approximate surface area is 738 Å². The molecule has 606 valence electrons. The maximum Gasteiger partial charge on any atom is 0.165 e. The van der Waals surface area contributed by atoms with Crippen molar-refractivity contribution in [3.8, 4) is 135 Å². The van der Waals surface area contributed by atoms with E-state index in [1.54, 1.807) is 0 Å². The Morgan fingerprint density at radius 1 is 0.217 bits per heavy atom. The Kier molecular flexibility index (Phi) is 26.7. The summed E-state index contributed by atoms with van der Waals surface area (Å²) >= 11 is 0. The van der Waals surface area contributed by atoms with Crippen molar-refractivity contribution < 1.29 is 40.2 Å². The van der Waals surface area contributed by atoms with E-state index in [1.807, 2.05) is 97.5 Å². The normalized spacial score (nSPS) is 11.8. The second kappa shape index (κ2) is 36.6. The third-order valence-electron chi connectivity index (χ3n) is 21.5. The number of hydrogen-bond acceptors (Lipinski definition) is 9. The molecule has 0 amide bonds. The molecule has 0 aliphatic carbocycles. The predicted molar refractivity (Wildman–Crippen MR) is 491 cm³/mol. The SMILES string of the molecule is CC(C)(C)c1ccc(-c2cc(-c3ccc(C(C)(C)C)cc3)cc(-c3cc[c-]c(-c4nccc5ccccc45)c3)c2)cc1.CC(C)(C)c1ccc(-c2nc(-c3ccc(C(C)(C)C)cc3)nc(-c3ccc(-c4[c-]cccc4)nc3)n2)cc1.CC(C)(C)c1ccc(-c2nc(-c3ccc(C(C)(C)C)cc3)nc(-c3ccc(-c4[c-]cccc4)nc3)n2)cc1.[Ir].[Ir]. The molecule has 5 aromatic heterocycles. The first kappa shape index (κ1) is 87.8. The van der Waals surface area contributed by atoms with Crippen molar-refractivity contribution >= 4 is 10.8 Å². The van der Waals surface area contributed by atoms with Gasteiger partial charge in [-0.05, 0) is 146 Å². The zero-order chi connectivity index (χ0) is 83.3. The Hall–Kier alpha value is -11.6. The van der Waals surface area contributed by atoms with Crippen LogP contribution in [0.2, 0.25) is 0 Å². The molecule has 11 heteroatoms. The molecule has 16 aromatic rings. The van der Waals surface area contributed by atoms with Crippen molar-refractivity contribution in [2.24, 2.45) is 0 Å². The van der Waals surface area contributed by atoms with Crippen LogP contribution >= 0.6 is 0 Å². The van der Waals surface area contributed by atoms with E-state index in [1.165, 1.54) is 66.6 Å². The van der Waals surface area contributed by atoms with Gasteiger partial charge >= 0.3 is 0 Å². The molecule has 0 unspecified atom stereocenters. The number of aromatic nitrogens is 9. The van der Waals surface area contributed by atoms with Crippen LogP contribution in [0.3, 0.4) is 0 Å². The van der Waals surface area contributed by atoms with Gasteiger partial charge in [-0.25, -0.2) is 29.9 Å². The number of rotatable bonds is 12. The molecule has 0 saturated carbocycles. The molecule has 9 nitrogen and oxygen atoms in total. The Morgan fingerprint density at radius 3 is 0.800 bits per heavy atom. The third-order valence-corrected chi connectivity index (χ3v) is 21.5. The molecule has 0 spiro atoms. The monoisotopic (exact) mass is 1920 g/mol. The predicted octanol–water partition coefficient (Wildman–Crippen LogP) is 28.0. The second-order valence-electron chi connectivity index (χ2n) is 36.7. The Balaban J connectivity index is 0.000000164. The molecule has 120 heavy (non-hydrogen) atoms. The summed E-state index contributed by atoms with van der Waals surface area (Å²) in [7, 11) is 0. The van der Waals surface area contributed by atoms with Gasteiger partial charge in [0.25, 0.3) is 0 Å². The minimum atomic E-state index is 0. The molecule has 0 saturated heterocycles. The van der Waals surface area contributed by atoms with Crippen molar-refractivity contribution in [2.75, 3.05) is 0 Å². The number of benzene rings is 11. The van der Waals surface area contributed by atoms with Gasteiger partial charge in [0.2, 0.25) is 0 Å². The summed E-state index contributed by atoms with van der Waals surface area (Å²) in [4.78, 5) is 43.4. The largest absolute Gasteiger partial charge is 0.304 e. The molecule has 5 heterocycles. The molecule has 0 fully saturated rings. The van der Waals surface area contributed by atoms with Gasteiger partial charge in [0.1, 0.15) is 0 Å². The molecule has 0 aliphatic rings. The van der Waals surface area contributed by atoms with E-state index >= 15 is 0 Å². The number of hydrogen-bond donors (Lipinski definition) is 0. The average molecular weight is 1920 g/mol. The van der Waals surface area contributed by atoms with E-state index < -0.39 is 0 Å². The van der Waals surface area contributed by atoms with E-state index in [0.29, 0.717) is 34.9 Å². The minimum Gasteiger partial charge on any atom is -0.304 e. The summed E-state index contributed by atoms with van der Waals surface area (Å²) in [5.41, 5.74) is 26.6.